The Hall–Kier alpha value is -2.17. The van der Waals surface area contributed by atoms with Crippen LogP contribution in [-0.2, 0) is 12.7 Å². The average Bonchev–Trinajstić information content (AvgIpc) is 2.39. The van der Waals surface area contributed by atoms with E-state index >= 15 is 0 Å². The first-order chi connectivity index (χ1) is 9.05. The minimum Gasteiger partial charge on any atom is -0.288 e. The molecule has 1 aromatic carbocycles. The molecule has 2 aromatic rings. The molecule has 0 unspecified atom stereocenters. The van der Waals surface area contributed by atoms with E-state index in [0.717, 1.165) is 23.3 Å². The fourth-order valence-electron chi connectivity index (χ4n) is 1.51. The molecule has 2 rings (SSSR count). The second-order valence-corrected chi connectivity index (χ2v) is 3.95. The zero-order valence-electron chi connectivity index (χ0n) is 9.93. The number of nitrogens with zero attached hydrogens (tertiary/aromatic N) is 2. The summed E-state index contributed by atoms with van der Waals surface area (Å²) in [6.07, 6.45) is 0.678. The van der Waals surface area contributed by atoms with Crippen molar-refractivity contribution in [1.29, 1.82) is 0 Å². The molecule has 19 heavy (non-hydrogen) atoms. The van der Waals surface area contributed by atoms with Crippen LogP contribution >= 0.6 is 0 Å². The molecule has 1 heterocycles. The molecule has 0 aliphatic rings. The quantitative estimate of drug-likeness (QED) is 0.775. The van der Waals surface area contributed by atoms with Crippen molar-refractivity contribution in [3.63, 3.8) is 0 Å². The van der Waals surface area contributed by atoms with Gasteiger partial charge in [0.1, 0.15) is 0 Å². The molecule has 0 saturated heterocycles. The molecule has 0 radical (unpaired) electrons. The molecular weight excluding hydrogens is 253 g/mol. The molecule has 0 saturated carbocycles. The average molecular weight is 264 g/mol. The number of hydrogen-bond acceptors (Lipinski definition) is 2. The number of aromatic nitrogens is 1. The number of pyridine rings is 1. The number of aliphatic imine (C=N–C) groups is 1. The Morgan fingerprint density at radius 3 is 2.21 bits per heavy atom. The SMILES string of the molecule is FC(F)(F)c1ccc(CN=Cc2ccncc2)cc1. The van der Waals surface area contributed by atoms with Gasteiger partial charge in [0.05, 0.1) is 12.1 Å². The van der Waals surface area contributed by atoms with E-state index < -0.39 is 11.7 Å². The van der Waals surface area contributed by atoms with Gasteiger partial charge in [-0.1, -0.05) is 12.1 Å². The summed E-state index contributed by atoms with van der Waals surface area (Å²) >= 11 is 0. The molecule has 0 atom stereocenters. The zero-order chi connectivity index (χ0) is 13.7. The number of hydrogen-bond donors (Lipinski definition) is 0. The molecule has 0 amide bonds. The maximum absolute atomic E-state index is 12.4. The van der Waals surface area contributed by atoms with Crippen LogP contribution in [0.3, 0.4) is 0 Å². The lowest BCUT2D eigenvalue weighted by atomic mass is 10.1. The predicted molar refractivity (Wildman–Crippen MR) is 67.0 cm³/mol. The Morgan fingerprint density at radius 1 is 1.00 bits per heavy atom. The number of halogens is 3. The van der Waals surface area contributed by atoms with Crippen LogP contribution in [0.4, 0.5) is 13.2 Å². The highest BCUT2D eigenvalue weighted by atomic mass is 19.4. The van der Waals surface area contributed by atoms with Gasteiger partial charge in [0.25, 0.3) is 0 Å². The van der Waals surface area contributed by atoms with Crippen molar-refractivity contribution in [2.75, 3.05) is 0 Å². The van der Waals surface area contributed by atoms with Crippen molar-refractivity contribution in [3.8, 4) is 0 Å². The molecular formula is C14H11F3N2. The fourth-order valence-corrected chi connectivity index (χ4v) is 1.51. The van der Waals surface area contributed by atoms with Gasteiger partial charge >= 0.3 is 6.18 Å². The maximum atomic E-state index is 12.4. The Morgan fingerprint density at radius 2 is 1.63 bits per heavy atom. The van der Waals surface area contributed by atoms with Gasteiger partial charge in [0, 0.05) is 18.6 Å². The van der Waals surface area contributed by atoms with Gasteiger partial charge < -0.3 is 0 Å². The van der Waals surface area contributed by atoms with Crippen molar-refractivity contribution in [2.45, 2.75) is 12.7 Å². The van der Waals surface area contributed by atoms with Gasteiger partial charge in [0.15, 0.2) is 0 Å². The molecule has 0 aliphatic carbocycles. The summed E-state index contributed by atoms with van der Waals surface area (Å²) in [7, 11) is 0. The van der Waals surface area contributed by atoms with Crippen LogP contribution < -0.4 is 0 Å². The molecule has 98 valence electrons. The minimum atomic E-state index is -4.29. The standard InChI is InChI=1S/C14H11F3N2/c15-14(16,17)13-3-1-11(2-4-13)9-19-10-12-5-7-18-8-6-12/h1-8,10H,9H2. The number of alkyl halides is 3. The lowest BCUT2D eigenvalue weighted by Gasteiger charge is -2.06. The fraction of sp³-hybridized carbons (Fsp3) is 0.143. The monoisotopic (exact) mass is 264 g/mol. The second kappa shape index (κ2) is 5.65. The molecule has 0 bridgehead atoms. The van der Waals surface area contributed by atoms with Gasteiger partial charge in [0.2, 0.25) is 0 Å². The van der Waals surface area contributed by atoms with Crippen molar-refractivity contribution in [3.05, 3.63) is 65.5 Å². The predicted octanol–water partition coefficient (Wildman–Crippen LogP) is 3.72. The summed E-state index contributed by atoms with van der Waals surface area (Å²) in [5, 5.41) is 0. The summed E-state index contributed by atoms with van der Waals surface area (Å²) in [6, 6.07) is 8.61. The van der Waals surface area contributed by atoms with Crippen molar-refractivity contribution in [1.82, 2.24) is 4.98 Å². The van der Waals surface area contributed by atoms with Gasteiger partial charge in [-0.15, -0.1) is 0 Å². The molecule has 0 N–H and O–H groups in total. The van der Waals surface area contributed by atoms with E-state index in [1.807, 2.05) is 0 Å². The summed E-state index contributed by atoms with van der Waals surface area (Å²) in [5.74, 6) is 0. The molecule has 5 heteroatoms. The van der Waals surface area contributed by atoms with Gasteiger partial charge in [-0.05, 0) is 35.4 Å². The van der Waals surface area contributed by atoms with Crippen LogP contribution in [0.5, 0.6) is 0 Å². The third-order valence-corrected chi connectivity index (χ3v) is 2.50. The Bertz CT molecular complexity index is 545. The van der Waals surface area contributed by atoms with Crippen molar-refractivity contribution < 1.29 is 13.2 Å². The molecule has 0 fully saturated rings. The lowest BCUT2D eigenvalue weighted by molar-refractivity contribution is -0.137. The van der Waals surface area contributed by atoms with E-state index in [1.54, 1.807) is 30.7 Å². The molecule has 1 aromatic heterocycles. The van der Waals surface area contributed by atoms with Crippen LogP contribution in [-0.4, -0.2) is 11.2 Å². The third-order valence-electron chi connectivity index (χ3n) is 2.50. The summed E-state index contributed by atoms with van der Waals surface area (Å²) in [5.41, 5.74) is 0.995. The van der Waals surface area contributed by atoms with E-state index in [1.165, 1.54) is 12.1 Å². The Labute approximate surface area is 108 Å². The van der Waals surface area contributed by atoms with Crippen molar-refractivity contribution >= 4 is 6.21 Å². The smallest absolute Gasteiger partial charge is 0.288 e. The van der Waals surface area contributed by atoms with Gasteiger partial charge in [-0.3, -0.25) is 9.98 Å². The Balaban J connectivity index is 1.99. The highest BCUT2D eigenvalue weighted by Gasteiger charge is 2.29. The third kappa shape index (κ3) is 3.91. The highest BCUT2D eigenvalue weighted by Crippen LogP contribution is 2.29. The van der Waals surface area contributed by atoms with Crippen LogP contribution in [0.25, 0.3) is 0 Å². The first kappa shape index (κ1) is 13.3. The normalized spacial score (nSPS) is 11.9. The van der Waals surface area contributed by atoms with E-state index in [2.05, 4.69) is 9.98 Å². The molecule has 0 spiro atoms. The first-order valence-corrected chi connectivity index (χ1v) is 5.62. The summed E-state index contributed by atoms with van der Waals surface area (Å²) < 4.78 is 37.1. The maximum Gasteiger partial charge on any atom is 0.416 e. The van der Waals surface area contributed by atoms with E-state index in [4.69, 9.17) is 0 Å². The molecule has 2 nitrogen and oxygen atoms in total. The van der Waals surface area contributed by atoms with Gasteiger partial charge in [-0.2, -0.15) is 13.2 Å². The highest BCUT2D eigenvalue weighted by molar-refractivity contribution is 5.79. The number of benzene rings is 1. The van der Waals surface area contributed by atoms with Crippen LogP contribution in [0.1, 0.15) is 16.7 Å². The van der Waals surface area contributed by atoms with E-state index in [0.29, 0.717) is 6.54 Å². The lowest BCUT2D eigenvalue weighted by Crippen LogP contribution is -2.04. The van der Waals surface area contributed by atoms with Crippen LogP contribution in [0, 0.1) is 0 Å². The minimum absolute atomic E-state index is 0.348. The topological polar surface area (TPSA) is 25.2 Å². The van der Waals surface area contributed by atoms with Gasteiger partial charge in [-0.25, -0.2) is 0 Å². The van der Waals surface area contributed by atoms with E-state index in [-0.39, 0.29) is 0 Å². The number of rotatable bonds is 3. The Kier molecular flexibility index (Phi) is 3.94. The van der Waals surface area contributed by atoms with Crippen molar-refractivity contribution in [2.24, 2.45) is 4.99 Å². The first-order valence-electron chi connectivity index (χ1n) is 5.62. The second-order valence-electron chi connectivity index (χ2n) is 3.95. The summed E-state index contributed by atoms with van der Waals surface area (Å²) in [4.78, 5) is 8.05. The molecule has 0 aliphatic heterocycles. The zero-order valence-corrected chi connectivity index (χ0v) is 9.93. The van der Waals surface area contributed by atoms with Crippen LogP contribution in [0.15, 0.2) is 53.8 Å². The van der Waals surface area contributed by atoms with Crippen LogP contribution in [0.2, 0.25) is 0 Å². The largest absolute Gasteiger partial charge is 0.416 e. The summed E-state index contributed by atoms with van der Waals surface area (Å²) in [6.45, 7) is 0.348. The van der Waals surface area contributed by atoms with E-state index in [9.17, 15) is 13.2 Å².